The number of rotatable bonds is 8. The molecule has 28 heavy (non-hydrogen) atoms. The minimum atomic E-state index is -3.16. The minimum Gasteiger partial charge on any atom is -0.449 e. The van der Waals surface area contributed by atoms with Gasteiger partial charge in [-0.1, -0.05) is 24.3 Å². The van der Waals surface area contributed by atoms with E-state index in [9.17, 15) is 22.4 Å². The van der Waals surface area contributed by atoms with Gasteiger partial charge >= 0.3 is 5.97 Å². The van der Waals surface area contributed by atoms with Gasteiger partial charge in [-0.15, -0.1) is 0 Å². The van der Waals surface area contributed by atoms with Gasteiger partial charge in [-0.25, -0.2) is 17.6 Å². The topological polar surface area (TPSA) is 89.5 Å². The zero-order valence-corrected chi connectivity index (χ0v) is 16.5. The van der Waals surface area contributed by atoms with E-state index in [1.807, 2.05) is 0 Å². The first-order valence-corrected chi connectivity index (χ1v) is 10.7. The van der Waals surface area contributed by atoms with E-state index in [0.29, 0.717) is 18.5 Å². The maximum Gasteiger partial charge on any atom is 0.338 e. The Bertz CT molecular complexity index is 924. The van der Waals surface area contributed by atoms with Crippen molar-refractivity contribution >= 4 is 21.7 Å². The van der Waals surface area contributed by atoms with Crippen LogP contribution in [0.5, 0.6) is 0 Å². The van der Waals surface area contributed by atoms with Gasteiger partial charge in [0.2, 0.25) is 0 Å². The molecule has 0 aliphatic heterocycles. The van der Waals surface area contributed by atoms with Gasteiger partial charge in [0.25, 0.3) is 5.91 Å². The molecule has 1 atom stereocenters. The fourth-order valence-electron chi connectivity index (χ4n) is 2.45. The number of benzene rings is 2. The average molecular weight is 407 g/mol. The average Bonchev–Trinajstić information content (AvgIpc) is 2.62. The van der Waals surface area contributed by atoms with Crippen molar-refractivity contribution in [1.82, 2.24) is 5.32 Å². The highest BCUT2D eigenvalue weighted by atomic mass is 32.2. The van der Waals surface area contributed by atoms with Gasteiger partial charge in [0.1, 0.15) is 5.82 Å². The lowest BCUT2D eigenvalue weighted by Crippen LogP contribution is -2.36. The van der Waals surface area contributed by atoms with Crippen molar-refractivity contribution in [2.75, 3.05) is 12.8 Å². The molecule has 0 saturated carbocycles. The van der Waals surface area contributed by atoms with Crippen molar-refractivity contribution in [1.29, 1.82) is 0 Å². The monoisotopic (exact) mass is 407 g/mol. The molecule has 1 amide bonds. The molecule has 2 aromatic carbocycles. The molecule has 2 rings (SSSR count). The number of carbonyl (C=O) groups is 2. The van der Waals surface area contributed by atoms with Gasteiger partial charge in [-0.05, 0) is 48.7 Å². The standard InChI is InChI=1S/C20H22FNO5S/c1-14(19(23)22-12-11-15-5-9-18(21)10-6-15)27-20(24)17-7-3-16(4-8-17)13-28(2,25)26/h3-10,14H,11-13H2,1-2H3,(H,22,23)/t14-/m0/s1. The van der Waals surface area contributed by atoms with Crippen LogP contribution < -0.4 is 5.32 Å². The predicted molar refractivity (Wildman–Crippen MR) is 103 cm³/mol. The zero-order chi connectivity index (χ0) is 20.7. The molecule has 150 valence electrons. The van der Waals surface area contributed by atoms with Crippen molar-refractivity contribution in [3.05, 3.63) is 71.0 Å². The van der Waals surface area contributed by atoms with Crippen molar-refractivity contribution in [2.45, 2.75) is 25.2 Å². The Morgan fingerprint density at radius 2 is 1.61 bits per heavy atom. The third kappa shape index (κ3) is 7.11. The summed E-state index contributed by atoms with van der Waals surface area (Å²) in [7, 11) is -3.16. The summed E-state index contributed by atoms with van der Waals surface area (Å²) in [5.74, 6) is -1.55. The number of amides is 1. The van der Waals surface area contributed by atoms with E-state index in [-0.39, 0.29) is 17.1 Å². The third-order valence-electron chi connectivity index (χ3n) is 3.90. The number of nitrogens with one attached hydrogen (secondary N) is 1. The highest BCUT2D eigenvalue weighted by Gasteiger charge is 2.18. The van der Waals surface area contributed by atoms with Crippen molar-refractivity contribution in [3.63, 3.8) is 0 Å². The van der Waals surface area contributed by atoms with Crippen LogP contribution in [0.3, 0.4) is 0 Å². The smallest absolute Gasteiger partial charge is 0.338 e. The molecule has 1 N–H and O–H groups in total. The number of halogens is 1. The third-order valence-corrected chi connectivity index (χ3v) is 4.76. The number of sulfone groups is 1. The lowest BCUT2D eigenvalue weighted by molar-refractivity contribution is -0.129. The summed E-state index contributed by atoms with van der Waals surface area (Å²) in [4.78, 5) is 24.2. The van der Waals surface area contributed by atoms with Gasteiger partial charge in [-0.3, -0.25) is 4.79 Å². The quantitative estimate of drug-likeness (QED) is 0.678. The largest absolute Gasteiger partial charge is 0.449 e. The van der Waals surface area contributed by atoms with Crippen LogP contribution in [0.4, 0.5) is 4.39 Å². The number of hydrogen-bond donors (Lipinski definition) is 1. The van der Waals surface area contributed by atoms with Crippen molar-refractivity contribution in [2.24, 2.45) is 0 Å². The Hall–Kier alpha value is -2.74. The summed E-state index contributed by atoms with van der Waals surface area (Å²) in [6.07, 6.45) is 0.663. The van der Waals surface area contributed by atoms with Crippen LogP contribution in [0.15, 0.2) is 48.5 Å². The molecule has 0 unspecified atom stereocenters. The van der Waals surface area contributed by atoms with Crippen LogP contribution in [-0.4, -0.2) is 39.2 Å². The fourth-order valence-corrected chi connectivity index (χ4v) is 3.24. The normalized spacial score (nSPS) is 12.2. The highest BCUT2D eigenvalue weighted by molar-refractivity contribution is 7.89. The number of ether oxygens (including phenoxy) is 1. The summed E-state index contributed by atoms with van der Waals surface area (Å²) in [5, 5.41) is 2.66. The predicted octanol–water partition coefficient (Wildman–Crippen LogP) is 2.27. The molecule has 0 aliphatic rings. The first-order chi connectivity index (χ1) is 13.1. The molecule has 0 aliphatic carbocycles. The zero-order valence-electron chi connectivity index (χ0n) is 15.6. The van der Waals surface area contributed by atoms with Gasteiger partial charge in [0.15, 0.2) is 15.9 Å². The summed E-state index contributed by atoms with van der Waals surface area (Å²) >= 11 is 0. The maximum atomic E-state index is 12.9. The molecule has 0 spiro atoms. The summed E-state index contributed by atoms with van der Waals surface area (Å²) in [5.41, 5.74) is 1.66. The first kappa shape index (κ1) is 21.6. The number of carbonyl (C=O) groups excluding carboxylic acids is 2. The van der Waals surface area contributed by atoms with Crippen LogP contribution in [0, 0.1) is 5.82 Å². The van der Waals surface area contributed by atoms with Crippen molar-refractivity contribution < 1.29 is 27.1 Å². The van der Waals surface area contributed by atoms with E-state index in [1.165, 1.54) is 43.3 Å². The summed E-state index contributed by atoms with van der Waals surface area (Å²) in [6, 6.07) is 12.0. The molecule has 0 bridgehead atoms. The van der Waals surface area contributed by atoms with E-state index in [0.717, 1.165) is 11.8 Å². The van der Waals surface area contributed by atoms with Crippen LogP contribution in [0.1, 0.15) is 28.4 Å². The second-order valence-electron chi connectivity index (χ2n) is 6.48. The minimum absolute atomic E-state index is 0.116. The molecule has 0 saturated heterocycles. The summed E-state index contributed by atoms with van der Waals surface area (Å²) in [6.45, 7) is 1.79. The highest BCUT2D eigenvalue weighted by Crippen LogP contribution is 2.10. The molecule has 0 radical (unpaired) electrons. The van der Waals surface area contributed by atoms with Gasteiger partial charge in [-0.2, -0.15) is 0 Å². The molecule has 2 aromatic rings. The van der Waals surface area contributed by atoms with E-state index in [4.69, 9.17) is 4.74 Å². The Morgan fingerprint density at radius 3 is 2.18 bits per heavy atom. The lowest BCUT2D eigenvalue weighted by Gasteiger charge is -2.14. The number of hydrogen-bond acceptors (Lipinski definition) is 5. The van der Waals surface area contributed by atoms with Crippen LogP contribution >= 0.6 is 0 Å². The molecule has 8 heteroatoms. The van der Waals surface area contributed by atoms with E-state index < -0.39 is 27.8 Å². The Labute approximate surface area is 163 Å². The molecular formula is C20H22FNO5S. The van der Waals surface area contributed by atoms with E-state index >= 15 is 0 Å². The van der Waals surface area contributed by atoms with Gasteiger partial charge in [0.05, 0.1) is 11.3 Å². The Morgan fingerprint density at radius 1 is 1.04 bits per heavy atom. The molecule has 0 fully saturated rings. The Kier molecular flexibility index (Phi) is 7.28. The fraction of sp³-hybridized carbons (Fsp3) is 0.300. The Balaban J connectivity index is 1.82. The van der Waals surface area contributed by atoms with Crippen LogP contribution in [0.2, 0.25) is 0 Å². The lowest BCUT2D eigenvalue weighted by atomic mass is 10.1. The van der Waals surface area contributed by atoms with E-state index in [1.54, 1.807) is 12.1 Å². The molecule has 0 aromatic heterocycles. The summed E-state index contributed by atoms with van der Waals surface area (Å²) < 4.78 is 40.6. The SMILES string of the molecule is C[C@H](OC(=O)c1ccc(CS(C)(=O)=O)cc1)C(=O)NCCc1ccc(F)cc1. The van der Waals surface area contributed by atoms with E-state index in [2.05, 4.69) is 5.32 Å². The van der Waals surface area contributed by atoms with Crippen LogP contribution in [-0.2, 0) is 31.5 Å². The maximum absolute atomic E-state index is 12.9. The van der Waals surface area contributed by atoms with Crippen LogP contribution in [0.25, 0.3) is 0 Å². The molecule has 6 nitrogen and oxygen atoms in total. The van der Waals surface area contributed by atoms with Crippen molar-refractivity contribution in [3.8, 4) is 0 Å². The van der Waals surface area contributed by atoms with Gasteiger partial charge < -0.3 is 10.1 Å². The first-order valence-electron chi connectivity index (χ1n) is 8.64. The number of esters is 1. The second-order valence-corrected chi connectivity index (χ2v) is 8.62. The molecular weight excluding hydrogens is 385 g/mol. The van der Waals surface area contributed by atoms with Gasteiger partial charge in [0, 0.05) is 12.8 Å². The second kappa shape index (κ2) is 9.45. The molecule has 0 heterocycles.